The van der Waals surface area contributed by atoms with E-state index in [-0.39, 0.29) is 17.6 Å². The van der Waals surface area contributed by atoms with Crippen LogP contribution in [0.15, 0.2) is 42.5 Å². The van der Waals surface area contributed by atoms with Crippen LogP contribution >= 0.6 is 23.8 Å². The summed E-state index contributed by atoms with van der Waals surface area (Å²) in [7, 11) is 0. The first kappa shape index (κ1) is 19.2. The Morgan fingerprint density at radius 1 is 1.24 bits per heavy atom. The van der Waals surface area contributed by atoms with Crippen LogP contribution in [0.4, 0.5) is 5.69 Å². The Kier molecular flexibility index (Phi) is 6.79. The minimum atomic E-state index is -0.317. The van der Waals surface area contributed by atoms with Crippen LogP contribution in [-0.4, -0.2) is 17.6 Å². The molecule has 0 heterocycles. The molecule has 0 unspecified atom stereocenters. The van der Waals surface area contributed by atoms with Gasteiger partial charge in [0.1, 0.15) is 5.75 Å². The Bertz CT molecular complexity index is 778. The van der Waals surface area contributed by atoms with E-state index in [9.17, 15) is 4.79 Å². The summed E-state index contributed by atoms with van der Waals surface area (Å²) in [6, 6.07) is 13.1. The highest BCUT2D eigenvalue weighted by Crippen LogP contribution is 2.25. The molecule has 25 heavy (non-hydrogen) atoms. The van der Waals surface area contributed by atoms with Gasteiger partial charge in [-0.25, -0.2) is 0 Å². The van der Waals surface area contributed by atoms with Crippen LogP contribution in [0, 0.1) is 6.92 Å². The fraction of sp³-hybridized carbons (Fsp3) is 0.263. The lowest BCUT2D eigenvalue weighted by atomic mass is 10.0. The molecule has 0 saturated carbocycles. The second-order valence-electron chi connectivity index (χ2n) is 5.94. The summed E-state index contributed by atoms with van der Waals surface area (Å²) in [5, 5.41) is 6.46. The van der Waals surface area contributed by atoms with Gasteiger partial charge in [-0.1, -0.05) is 43.6 Å². The first-order valence-corrected chi connectivity index (χ1v) is 8.74. The van der Waals surface area contributed by atoms with Gasteiger partial charge in [-0.15, -0.1) is 0 Å². The Balaban J connectivity index is 1.89. The number of benzene rings is 2. The van der Waals surface area contributed by atoms with Gasteiger partial charge in [-0.05, 0) is 60.5 Å². The summed E-state index contributed by atoms with van der Waals surface area (Å²) in [5.74, 6) is 0.706. The molecule has 0 bridgehead atoms. The molecule has 0 aromatic heterocycles. The highest BCUT2D eigenvalue weighted by atomic mass is 35.5. The minimum absolute atomic E-state index is 0.106. The molecule has 132 valence electrons. The quantitative estimate of drug-likeness (QED) is 0.745. The van der Waals surface area contributed by atoms with Gasteiger partial charge in [0.15, 0.2) is 11.7 Å². The largest absolute Gasteiger partial charge is 0.483 e. The van der Waals surface area contributed by atoms with Crippen molar-refractivity contribution in [1.29, 1.82) is 0 Å². The van der Waals surface area contributed by atoms with Crippen LogP contribution in [0.2, 0.25) is 5.02 Å². The molecule has 0 aliphatic heterocycles. The van der Waals surface area contributed by atoms with E-state index >= 15 is 0 Å². The number of amides is 1. The number of hydrogen-bond acceptors (Lipinski definition) is 3. The topological polar surface area (TPSA) is 50.4 Å². The molecule has 0 saturated heterocycles. The van der Waals surface area contributed by atoms with Crippen LogP contribution in [0.3, 0.4) is 0 Å². The number of anilines is 1. The molecular weight excluding hydrogens is 356 g/mol. The van der Waals surface area contributed by atoms with Crippen LogP contribution in [0.1, 0.15) is 30.9 Å². The molecule has 4 nitrogen and oxygen atoms in total. The van der Waals surface area contributed by atoms with Crippen LogP contribution in [0.25, 0.3) is 0 Å². The molecule has 0 atom stereocenters. The van der Waals surface area contributed by atoms with Crippen molar-refractivity contribution in [2.24, 2.45) is 0 Å². The van der Waals surface area contributed by atoms with Crippen molar-refractivity contribution in [3.63, 3.8) is 0 Å². The number of aryl methyl sites for hydroxylation is 1. The third-order valence-corrected chi connectivity index (χ3v) is 4.03. The van der Waals surface area contributed by atoms with Crippen LogP contribution < -0.4 is 15.4 Å². The number of para-hydroxylation sites is 1. The summed E-state index contributed by atoms with van der Waals surface area (Å²) in [6.07, 6.45) is 0. The monoisotopic (exact) mass is 376 g/mol. The Labute approximate surface area is 158 Å². The smallest absolute Gasteiger partial charge is 0.264 e. The van der Waals surface area contributed by atoms with E-state index in [4.69, 9.17) is 28.6 Å². The van der Waals surface area contributed by atoms with E-state index in [1.54, 1.807) is 6.07 Å². The van der Waals surface area contributed by atoms with Crippen LogP contribution in [0.5, 0.6) is 5.75 Å². The van der Waals surface area contributed by atoms with E-state index in [1.165, 1.54) is 0 Å². The molecule has 6 heteroatoms. The van der Waals surface area contributed by atoms with E-state index in [0.717, 1.165) is 16.8 Å². The second-order valence-corrected chi connectivity index (χ2v) is 6.79. The Hall–Kier alpha value is -2.11. The first-order chi connectivity index (χ1) is 11.9. The molecule has 0 spiro atoms. The summed E-state index contributed by atoms with van der Waals surface area (Å²) in [5.41, 5.74) is 2.79. The molecular formula is C19H21ClN2O2S. The van der Waals surface area contributed by atoms with Gasteiger partial charge in [0, 0.05) is 10.7 Å². The van der Waals surface area contributed by atoms with Crippen molar-refractivity contribution in [3.8, 4) is 5.75 Å². The molecule has 2 rings (SSSR count). The highest BCUT2D eigenvalue weighted by Gasteiger charge is 2.11. The zero-order chi connectivity index (χ0) is 18.4. The average Bonchev–Trinajstić information content (AvgIpc) is 2.55. The van der Waals surface area contributed by atoms with E-state index < -0.39 is 0 Å². The zero-order valence-electron chi connectivity index (χ0n) is 14.4. The van der Waals surface area contributed by atoms with Gasteiger partial charge in [0.05, 0.1) is 0 Å². The number of nitrogens with one attached hydrogen (secondary N) is 2. The van der Waals surface area contributed by atoms with Crippen molar-refractivity contribution in [3.05, 3.63) is 58.6 Å². The fourth-order valence-electron chi connectivity index (χ4n) is 2.32. The van der Waals surface area contributed by atoms with E-state index in [1.807, 2.05) is 43.3 Å². The molecule has 2 N–H and O–H groups in total. The summed E-state index contributed by atoms with van der Waals surface area (Å²) in [6.45, 7) is 5.96. The van der Waals surface area contributed by atoms with Gasteiger partial charge >= 0.3 is 0 Å². The summed E-state index contributed by atoms with van der Waals surface area (Å²) >= 11 is 11.1. The van der Waals surface area contributed by atoms with Crippen molar-refractivity contribution >= 4 is 40.5 Å². The number of carbonyl (C=O) groups is 1. The van der Waals surface area contributed by atoms with Crippen molar-refractivity contribution in [2.75, 3.05) is 11.9 Å². The number of hydrogen-bond donors (Lipinski definition) is 2. The average molecular weight is 377 g/mol. The number of thiocarbonyl (C=S) groups is 1. The number of carbonyl (C=O) groups excluding carboxylic acids is 1. The van der Waals surface area contributed by atoms with Gasteiger partial charge in [-0.3, -0.25) is 10.1 Å². The normalized spacial score (nSPS) is 10.4. The molecule has 1 amide bonds. The summed E-state index contributed by atoms with van der Waals surface area (Å²) < 4.78 is 5.63. The maximum atomic E-state index is 12.1. The molecule has 2 aromatic carbocycles. The summed E-state index contributed by atoms with van der Waals surface area (Å²) in [4.78, 5) is 12.1. The molecule has 0 radical (unpaired) electrons. The first-order valence-electron chi connectivity index (χ1n) is 7.95. The van der Waals surface area contributed by atoms with Crippen molar-refractivity contribution in [1.82, 2.24) is 5.32 Å². The van der Waals surface area contributed by atoms with Gasteiger partial charge in [-0.2, -0.15) is 0 Å². The van der Waals surface area contributed by atoms with Crippen molar-refractivity contribution in [2.45, 2.75) is 26.7 Å². The second kappa shape index (κ2) is 8.83. The highest BCUT2D eigenvalue weighted by molar-refractivity contribution is 7.80. The number of ether oxygens (including phenoxy) is 1. The molecule has 0 fully saturated rings. The third-order valence-electron chi connectivity index (χ3n) is 3.59. The van der Waals surface area contributed by atoms with Gasteiger partial charge in [0.2, 0.25) is 0 Å². The zero-order valence-corrected chi connectivity index (χ0v) is 16.0. The Morgan fingerprint density at radius 2 is 1.96 bits per heavy atom. The maximum absolute atomic E-state index is 12.1. The van der Waals surface area contributed by atoms with Crippen LogP contribution in [-0.2, 0) is 4.79 Å². The lowest BCUT2D eigenvalue weighted by Gasteiger charge is -2.15. The molecule has 2 aromatic rings. The SMILES string of the molecule is Cc1cc(Cl)ccc1NC(=S)NC(=O)COc1ccccc1C(C)C. The predicted octanol–water partition coefficient (Wildman–Crippen LogP) is 4.66. The Morgan fingerprint density at radius 3 is 2.64 bits per heavy atom. The maximum Gasteiger partial charge on any atom is 0.264 e. The molecule has 0 aliphatic carbocycles. The standard InChI is InChI=1S/C19H21ClN2O2S/c1-12(2)15-6-4-5-7-17(15)24-11-18(23)22-19(25)21-16-9-8-14(20)10-13(16)3/h4-10,12H,11H2,1-3H3,(H2,21,22,23,25). The lowest BCUT2D eigenvalue weighted by Crippen LogP contribution is -2.37. The van der Waals surface area contributed by atoms with Crippen molar-refractivity contribution < 1.29 is 9.53 Å². The van der Waals surface area contributed by atoms with E-state index in [0.29, 0.717) is 16.7 Å². The predicted molar refractivity (Wildman–Crippen MR) is 107 cm³/mol. The fourth-order valence-corrected chi connectivity index (χ4v) is 2.77. The third kappa shape index (κ3) is 5.73. The molecule has 0 aliphatic rings. The number of halogens is 1. The van der Waals surface area contributed by atoms with E-state index in [2.05, 4.69) is 24.5 Å². The number of rotatable bonds is 5. The van der Waals surface area contributed by atoms with Gasteiger partial charge in [0.25, 0.3) is 5.91 Å². The van der Waals surface area contributed by atoms with Gasteiger partial charge < -0.3 is 10.1 Å². The lowest BCUT2D eigenvalue weighted by molar-refractivity contribution is -0.121. The minimum Gasteiger partial charge on any atom is -0.483 e.